The smallest absolute Gasteiger partial charge is 0.326 e. The molecule has 0 saturated heterocycles. The number of rotatable bonds is 15. The van der Waals surface area contributed by atoms with E-state index in [0.717, 1.165) is 0 Å². The Morgan fingerprint density at radius 3 is 1.79 bits per heavy atom. The number of carboxylic acids is 1. The molecule has 0 aromatic rings. The number of amides is 5. The summed E-state index contributed by atoms with van der Waals surface area (Å²) in [4.78, 5) is 70.9. The highest BCUT2D eigenvalue weighted by atomic mass is 16.4. The summed E-state index contributed by atoms with van der Waals surface area (Å²) in [7, 11) is 0. The van der Waals surface area contributed by atoms with Crippen LogP contribution >= 0.6 is 0 Å². The zero-order valence-electron chi connectivity index (χ0n) is 18.9. The molecule has 0 aromatic carbocycles. The Labute approximate surface area is 191 Å². The zero-order chi connectivity index (χ0) is 25.9. The Morgan fingerprint density at radius 1 is 0.848 bits per heavy atom. The Hall–Kier alpha value is -3.26. The summed E-state index contributed by atoms with van der Waals surface area (Å²) in [6, 6.07) is -5.53. The molecule has 0 radical (unpaired) electrons. The van der Waals surface area contributed by atoms with Gasteiger partial charge < -0.3 is 43.4 Å². The van der Waals surface area contributed by atoms with Gasteiger partial charge in [0, 0.05) is 6.42 Å². The SMILES string of the molecule is CCC(C)C(NC(=O)C(NC(=O)C(N)CCC(N)=O)C(C)O)C(=O)NC(CC(N)=O)C(=O)O. The maximum atomic E-state index is 12.8. The van der Waals surface area contributed by atoms with Gasteiger partial charge in [0.25, 0.3) is 0 Å². The van der Waals surface area contributed by atoms with Gasteiger partial charge >= 0.3 is 5.97 Å². The molecule has 33 heavy (non-hydrogen) atoms. The molecule has 0 aliphatic heterocycles. The largest absolute Gasteiger partial charge is 0.480 e. The summed E-state index contributed by atoms with van der Waals surface area (Å²) in [5, 5.41) is 26.0. The number of carbonyl (C=O) groups excluding carboxylic acids is 5. The molecular formula is C19H34N6O8. The van der Waals surface area contributed by atoms with E-state index in [-0.39, 0.29) is 12.8 Å². The molecule has 11 N–H and O–H groups in total. The van der Waals surface area contributed by atoms with Gasteiger partial charge in [-0.2, -0.15) is 0 Å². The van der Waals surface area contributed by atoms with E-state index in [1.807, 2.05) is 0 Å². The molecule has 6 unspecified atom stereocenters. The molecule has 6 atom stereocenters. The number of nitrogens with one attached hydrogen (secondary N) is 3. The maximum Gasteiger partial charge on any atom is 0.326 e. The molecule has 0 fully saturated rings. The van der Waals surface area contributed by atoms with Crippen LogP contribution in [0.3, 0.4) is 0 Å². The van der Waals surface area contributed by atoms with Crippen molar-refractivity contribution in [3.63, 3.8) is 0 Å². The lowest BCUT2D eigenvalue weighted by Crippen LogP contribution is -2.61. The van der Waals surface area contributed by atoms with Crippen molar-refractivity contribution in [3.8, 4) is 0 Å². The quantitative estimate of drug-likeness (QED) is 0.116. The van der Waals surface area contributed by atoms with Gasteiger partial charge in [0.1, 0.15) is 18.1 Å². The van der Waals surface area contributed by atoms with Gasteiger partial charge in [-0.3, -0.25) is 24.0 Å². The summed E-state index contributed by atoms with van der Waals surface area (Å²) in [5.41, 5.74) is 15.7. The third-order valence-electron chi connectivity index (χ3n) is 4.91. The van der Waals surface area contributed by atoms with Crippen molar-refractivity contribution in [2.45, 2.75) is 76.7 Å². The third kappa shape index (κ3) is 10.7. The molecule has 14 nitrogen and oxygen atoms in total. The van der Waals surface area contributed by atoms with Crippen LogP contribution in [0, 0.1) is 5.92 Å². The van der Waals surface area contributed by atoms with E-state index < -0.39 is 78.1 Å². The second kappa shape index (κ2) is 14.0. The summed E-state index contributed by atoms with van der Waals surface area (Å²) in [6.45, 7) is 4.57. The predicted octanol–water partition coefficient (Wildman–Crippen LogP) is -3.58. The topological polar surface area (TPSA) is 257 Å². The minimum absolute atomic E-state index is 0.0797. The van der Waals surface area contributed by atoms with Crippen LogP contribution in [0.25, 0.3) is 0 Å². The standard InChI is InChI=1S/C19H34N6O8/c1-4-8(2)14(17(30)23-11(19(32)33)7-13(22)28)24-18(31)15(9(3)26)25-16(29)10(20)5-6-12(21)27/h8-11,14-15,26H,4-7,20H2,1-3H3,(H2,21,27)(H2,22,28)(H,23,30)(H,24,31)(H,25,29)(H,32,33). The van der Waals surface area contributed by atoms with Crippen molar-refractivity contribution in [1.82, 2.24) is 16.0 Å². The van der Waals surface area contributed by atoms with Crippen molar-refractivity contribution in [2.75, 3.05) is 0 Å². The highest BCUT2D eigenvalue weighted by Gasteiger charge is 2.34. The third-order valence-corrected chi connectivity index (χ3v) is 4.91. The maximum absolute atomic E-state index is 12.8. The van der Waals surface area contributed by atoms with Crippen LogP contribution in [0.4, 0.5) is 0 Å². The van der Waals surface area contributed by atoms with Gasteiger partial charge in [0.15, 0.2) is 0 Å². The van der Waals surface area contributed by atoms with Crippen LogP contribution in [-0.4, -0.2) is 76.0 Å². The van der Waals surface area contributed by atoms with E-state index in [1.54, 1.807) is 13.8 Å². The number of primary amides is 2. The normalized spacial score (nSPS) is 16.3. The molecular weight excluding hydrogens is 440 g/mol. The molecule has 0 rings (SSSR count). The lowest BCUT2D eigenvalue weighted by atomic mass is 9.97. The van der Waals surface area contributed by atoms with Crippen molar-refractivity contribution in [2.24, 2.45) is 23.1 Å². The first kappa shape index (κ1) is 29.7. The minimum atomic E-state index is -1.60. The fourth-order valence-electron chi connectivity index (χ4n) is 2.70. The van der Waals surface area contributed by atoms with Gasteiger partial charge in [-0.15, -0.1) is 0 Å². The van der Waals surface area contributed by atoms with E-state index in [0.29, 0.717) is 6.42 Å². The molecule has 188 valence electrons. The molecule has 0 aliphatic carbocycles. The second-order valence-electron chi connectivity index (χ2n) is 7.78. The monoisotopic (exact) mass is 474 g/mol. The lowest BCUT2D eigenvalue weighted by Gasteiger charge is -2.28. The Bertz CT molecular complexity index is 744. The van der Waals surface area contributed by atoms with Gasteiger partial charge in [-0.05, 0) is 19.3 Å². The first-order chi connectivity index (χ1) is 15.2. The Balaban J connectivity index is 5.47. The van der Waals surface area contributed by atoms with Crippen LogP contribution < -0.4 is 33.2 Å². The first-order valence-corrected chi connectivity index (χ1v) is 10.3. The molecule has 5 amide bonds. The van der Waals surface area contributed by atoms with Gasteiger partial charge in [0.2, 0.25) is 29.5 Å². The van der Waals surface area contributed by atoms with Crippen molar-refractivity contribution in [1.29, 1.82) is 0 Å². The van der Waals surface area contributed by atoms with Gasteiger partial charge in [-0.25, -0.2) is 4.79 Å². The van der Waals surface area contributed by atoms with Crippen molar-refractivity contribution >= 4 is 35.5 Å². The van der Waals surface area contributed by atoms with Crippen LogP contribution in [0.15, 0.2) is 0 Å². The number of carbonyl (C=O) groups is 6. The molecule has 14 heteroatoms. The highest BCUT2D eigenvalue weighted by Crippen LogP contribution is 2.10. The molecule has 0 aliphatic rings. The first-order valence-electron chi connectivity index (χ1n) is 10.3. The lowest BCUT2D eigenvalue weighted by molar-refractivity contribution is -0.144. The average Bonchev–Trinajstić information content (AvgIpc) is 2.71. The number of aliphatic hydroxyl groups is 1. The minimum Gasteiger partial charge on any atom is -0.480 e. The molecule has 0 spiro atoms. The van der Waals surface area contributed by atoms with E-state index in [1.165, 1.54) is 6.92 Å². The predicted molar refractivity (Wildman–Crippen MR) is 115 cm³/mol. The van der Waals surface area contributed by atoms with Crippen molar-refractivity contribution in [3.05, 3.63) is 0 Å². The number of carboxylic acid groups (broad SMARTS) is 1. The fraction of sp³-hybridized carbons (Fsp3) is 0.684. The van der Waals surface area contributed by atoms with E-state index in [9.17, 15) is 39.0 Å². The Morgan fingerprint density at radius 2 is 1.36 bits per heavy atom. The summed E-state index contributed by atoms with van der Waals surface area (Å²) >= 11 is 0. The van der Waals surface area contributed by atoms with Crippen LogP contribution in [0.2, 0.25) is 0 Å². The summed E-state index contributed by atoms with van der Waals surface area (Å²) < 4.78 is 0. The molecule has 0 bridgehead atoms. The van der Waals surface area contributed by atoms with Gasteiger partial charge in [0.05, 0.1) is 18.6 Å². The average molecular weight is 475 g/mol. The highest BCUT2D eigenvalue weighted by molar-refractivity contribution is 5.95. The van der Waals surface area contributed by atoms with Crippen molar-refractivity contribution < 1.29 is 39.0 Å². The number of nitrogens with two attached hydrogens (primary N) is 3. The van der Waals surface area contributed by atoms with E-state index in [2.05, 4.69) is 16.0 Å². The second-order valence-corrected chi connectivity index (χ2v) is 7.78. The molecule has 0 aromatic heterocycles. The van der Waals surface area contributed by atoms with Crippen LogP contribution in [-0.2, 0) is 28.8 Å². The van der Waals surface area contributed by atoms with Crippen LogP contribution in [0.5, 0.6) is 0 Å². The van der Waals surface area contributed by atoms with Crippen LogP contribution in [0.1, 0.15) is 46.5 Å². The number of aliphatic carboxylic acids is 1. The van der Waals surface area contributed by atoms with Gasteiger partial charge in [-0.1, -0.05) is 20.3 Å². The molecule has 0 heterocycles. The summed E-state index contributed by atoms with van der Waals surface area (Å²) in [6.07, 6.45) is -1.89. The fourth-order valence-corrected chi connectivity index (χ4v) is 2.70. The summed E-state index contributed by atoms with van der Waals surface area (Å²) in [5.74, 6) is -6.23. The number of hydrogen-bond acceptors (Lipinski definition) is 8. The van der Waals surface area contributed by atoms with E-state index >= 15 is 0 Å². The number of hydrogen-bond donors (Lipinski definition) is 8. The number of aliphatic hydroxyl groups excluding tert-OH is 1. The van der Waals surface area contributed by atoms with E-state index in [4.69, 9.17) is 17.2 Å². The zero-order valence-corrected chi connectivity index (χ0v) is 18.9. The Kier molecular flexibility index (Phi) is 12.6. The molecule has 0 saturated carbocycles.